The third-order valence-electron chi connectivity index (χ3n) is 8.24. The van der Waals surface area contributed by atoms with Gasteiger partial charge in [0.05, 0.1) is 0 Å². The second-order valence-electron chi connectivity index (χ2n) is 11.3. The molecular weight excluding hydrogens is 476 g/mol. The van der Waals surface area contributed by atoms with E-state index in [0.29, 0.717) is 0 Å². The third-order valence-corrected chi connectivity index (χ3v) is 8.24. The predicted octanol–water partition coefficient (Wildman–Crippen LogP) is 7.57. The molecule has 0 aliphatic carbocycles. The Kier molecular flexibility index (Phi) is 9.40. The molecule has 0 aromatic heterocycles. The van der Waals surface area contributed by atoms with Gasteiger partial charge in [0, 0.05) is 24.9 Å². The van der Waals surface area contributed by atoms with E-state index in [4.69, 9.17) is 4.74 Å². The van der Waals surface area contributed by atoms with Gasteiger partial charge in [-0.1, -0.05) is 121 Å². The Labute approximate surface area is 236 Å². The minimum Gasteiger partial charge on any atom is -0.350 e. The zero-order chi connectivity index (χ0) is 27.9. The van der Waals surface area contributed by atoms with Gasteiger partial charge in [0.25, 0.3) is 0 Å². The molecule has 0 spiro atoms. The van der Waals surface area contributed by atoms with Crippen LogP contribution in [0.5, 0.6) is 0 Å². The molecule has 0 amide bonds. The highest BCUT2D eigenvalue weighted by Crippen LogP contribution is 2.49. The summed E-state index contributed by atoms with van der Waals surface area (Å²) in [6.07, 6.45) is 1.59. The first-order valence-electron chi connectivity index (χ1n) is 14.0. The fourth-order valence-electron chi connectivity index (χ4n) is 5.45. The second kappa shape index (κ2) is 12.7. The highest BCUT2D eigenvalue weighted by atomic mass is 16.5. The van der Waals surface area contributed by atoms with E-state index in [0.717, 1.165) is 12.8 Å². The van der Waals surface area contributed by atoms with Crippen molar-refractivity contribution < 1.29 is 4.74 Å². The molecule has 4 aromatic carbocycles. The number of hydrogen-bond donors (Lipinski definition) is 0. The standard InChI is InChI=1S/C36H44N2O/c1-29(37(3)4)27-35(31-19-11-7-12-20-31,32-21-13-8-14-22-32)39-36(28-30(2)38(5)6,33-23-15-9-16-24-33)34-25-17-10-18-26-34/h7-26,29-30H,27-28H2,1-6H3. The smallest absolute Gasteiger partial charge is 0.121 e. The number of ether oxygens (including phenoxy) is 1. The minimum absolute atomic E-state index is 0.265. The van der Waals surface area contributed by atoms with E-state index in [1.807, 2.05) is 0 Å². The van der Waals surface area contributed by atoms with Crippen LogP contribution in [0.4, 0.5) is 0 Å². The summed E-state index contributed by atoms with van der Waals surface area (Å²) in [6, 6.07) is 43.7. The summed E-state index contributed by atoms with van der Waals surface area (Å²) >= 11 is 0. The first-order chi connectivity index (χ1) is 18.8. The molecule has 0 aliphatic rings. The van der Waals surface area contributed by atoms with E-state index in [2.05, 4.69) is 173 Å². The number of hydrogen-bond acceptors (Lipinski definition) is 3. The molecule has 3 nitrogen and oxygen atoms in total. The third kappa shape index (κ3) is 6.33. The highest BCUT2D eigenvalue weighted by molar-refractivity contribution is 5.42. The van der Waals surface area contributed by atoms with Crippen LogP contribution < -0.4 is 0 Å². The van der Waals surface area contributed by atoms with Crippen molar-refractivity contribution in [2.24, 2.45) is 0 Å². The molecule has 39 heavy (non-hydrogen) atoms. The number of nitrogens with zero attached hydrogens (tertiary/aromatic N) is 2. The predicted molar refractivity (Wildman–Crippen MR) is 164 cm³/mol. The topological polar surface area (TPSA) is 15.7 Å². The van der Waals surface area contributed by atoms with Gasteiger partial charge in [-0.25, -0.2) is 0 Å². The zero-order valence-corrected chi connectivity index (χ0v) is 24.4. The van der Waals surface area contributed by atoms with E-state index in [1.54, 1.807) is 0 Å². The lowest BCUT2D eigenvalue weighted by Gasteiger charge is -2.48. The van der Waals surface area contributed by atoms with Crippen molar-refractivity contribution in [1.82, 2.24) is 9.80 Å². The summed E-state index contributed by atoms with van der Waals surface area (Å²) in [6.45, 7) is 4.58. The van der Waals surface area contributed by atoms with Gasteiger partial charge in [-0.2, -0.15) is 0 Å². The van der Waals surface area contributed by atoms with Gasteiger partial charge in [-0.05, 0) is 64.3 Å². The van der Waals surface area contributed by atoms with Crippen LogP contribution in [0, 0.1) is 0 Å². The Balaban J connectivity index is 2.07. The van der Waals surface area contributed by atoms with Gasteiger partial charge in [0.2, 0.25) is 0 Å². The summed E-state index contributed by atoms with van der Waals surface area (Å²) in [4.78, 5) is 4.58. The molecule has 0 saturated carbocycles. The Morgan fingerprint density at radius 3 is 0.897 bits per heavy atom. The van der Waals surface area contributed by atoms with Crippen molar-refractivity contribution in [2.75, 3.05) is 28.2 Å². The largest absolute Gasteiger partial charge is 0.350 e. The molecule has 204 valence electrons. The summed E-state index contributed by atoms with van der Waals surface area (Å²) < 4.78 is 7.96. The second-order valence-corrected chi connectivity index (χ2v) is 11.3. The van der Waals surface area contributed by atoms with Crippen molar-refractivity contribution in [3.8, 4) is 0 Å². The maximum atomic E-state index is 7.96. The molecule has 0 heterocycles. The first kappa shape index (κ1) is 28.8. The minimum atomic E-state index is -0.704. The van der Waals surface area contributed by atoms with Gasteiger partial charge in [-0.3, -0.25) is 0 Å². The zero-order valence-electron chi connectivity index (χ0n) is 24.4. The molecule has 0 bridgehead atoms. The fraction of sp³-hybridized carbons (Fsp3) is 0.333. The van der Waals surface area contributed by atoms with Crippen LogP contribution in [-0.4, -0.2) is 50.1 Å². The van der Waals surface area contributed by atoms with Gasteiger partial charge < -0.3 is 14.5 Å². The SMILES string of the molecule is CC(CC(OC(CC(C)N(C)C)(c1ccccc1)c1ccccc1)(c1ccccc1)c1ccccc1)N(C)C. The number of benzene rings is 4. The van der Waals surface area contributed by atoms with Gasteiger partial charge >= 0.3 is 0 Å². The van der Waals surface area contributed by atoms with Crippen molar-refractivity contribution >= 4 is 0 Å². The van der Waals surface area contributed by atoms with Crippen LogP contribution in [0.15, 0.2) is 121 Å². The molecule has 0 N–H and O–H groups in total. The molecule has 0 aliphatic heterocycles. The Bertz CT molecular complexity index is 1080. The van der Waals surface area contributed by atoms with Crippen molar-refractivity contribution in [3.05, 3.63) is 144 Å². The van der Waals surface area contributed by atoms with Crippen LogP contribution >= 0.6 is 0 Å². The van der Waals surface area contributed by atoms with E-state index in [-0.39, 0.29) is 12.1 Å². The van der Waals surface area contributed by atoms with Crippen molar-refractivity contribution in [2.45, 2.75) is 50.0 Å². The maximum Gasteiger partial charge on any atom is 0.121 e. The average molecular weight is 521 g/mol. The summed E-state index contributed by atoms with van der Waals surface area (Å²) in [5, 5.41) is 0. The lowest BCUT2D eigenvalue weighted by atomic mass is 9.76. The Morgan fingerprint density at radius 1 is 0.462 bits per heavy atom. The van der Waals surface area contributed by atoms with Crippen LogP contribution in [0.3, 0.4) is 0 Å². The molecule has 2 atom stereocenters. The maximum absolute atomic E-state index is 7.96. The molecule has 0 radical (unpaired) electrons. The molecule has 2 unspecified atom stereocenters. The van der Waals surface area contributed by atoms with E-state index in [9.17, 15) is 0 Å². The molecular formula is C36H44N2O. The van der Waals surface area contributed by atoms with E-state index >= 15 is 0 Å². The van der Waals surface area contributed by atoms with Crippen molar-refractivity contribution in [1.29, 1.82) is 0 Å². The van der Waals surface area contributed by atoms with Crippen LogP contribution in [0.25, 0.3) is 0 Å². The summed E-state index contributed by atoms with van der Waals surface area (Å²) in [5.74, 6) is 0. The lowest BCUT2D eigenvalue weighted by molar-refractivity contribution is -0.145. The first-order valence-corrected chi connectivity index (χ1v) is 14.0. The molecule has 4 rings (SSSR count). The molecule has 4 aromatic rings. The van der Waals surface area contributed by atoms with E-state index < -0.39 is 11.2 Å². The van der Waals surface area contributed by atoms with Crippen LogP contribution in [0.2, 0.25) is 0 Å². The summed E-state index contributed by atoms with van der Waals surface area (Å²) in [5.41, 5.74) is 3.25. The van der Waals surface area contributed by atoms with Crippen LogP contribution in [0.1, 0.15) is 48.9 Å². The van der Waals surface area contributed by atoms with Gasteiger partial charge in [0.15, 0.2) is 0 Å². The quantitative estimate of drug-likeness (QED) is 0.192. The normalized spacial score (nSPS) is 13.9. The molecule has 0 fully saturated rings. The van der Waals surface area contributed by atoms with Crippen LogP contribution in [-0.2, 0) is 15.9 Å². The van der Waals surface area contributed by atoms with Gasteiger partial charge in [-0.15, -0.1) is 0 Å². The fourth-order valence-corrected chi connectivity index (χ4v) is 5.45. The Hall–Kier alpha value is -3.24. The Morgan fingerprint density at radius 2 is 0.692 bits per heavy atom. The molecule has 3 heteroatoms. The number of rotatable bonds is 12. The van der Waals surface area contributed by atoms with Crippen molar-refractivity contribution in [3.63, 3.8) is 0 Å². The van der Waals surface area contributed by atoms with Gasteiger partial charge in [0.1, 0.15) is 11.2 Å². The average Bonchev–Trinajstić information content (AvgIpc) is 2.98. The lowest BCUT2D eigenvalue weighted by Crippen LogP contribution is -2.48. The van der Waals surface area contributed by atoms with E-state index in [1.165, 1.54) is 22.3 Å². The highest BCUT2D eigenvalue weighted by Gasteiger charge is 2.48. The monoisotopic (exact) mass is 520 g/mol. The summed E-state index contributed by atoms with van der Waals surface area (Å²) in [7, 11) is 8.62. The molecule has 0 saturated heterocycles.